The van der Waals surface area contributed by atoms with E-state index in [1.165, 1.54) is 0 Å². The molecule has 0 aromatic carbocycles. The van der Waals surface area contributed by atoms with Gasteiger partial charge in [0.05, 0.1) is 17.4 Å². The third-order valence-corrected chi connectivity index (χ3v) is 4.39. The highest BCUT2D eigenvalue weighted by Gasteiger charge is 2.40. The zero-order chi connectivity index (χ0) is 14.0. The van der Waals surface area contributed by atoms with E-state index in [2.05, 4.69) is 0 Å². The average molecular weight is 269 g/mol. The van der Waals surface area contributed by atoms with Gasteiger partial charge >= 0.3 is 5.97 Å². The van der Waals surface area contributed by atoms with Gasteiger partial charge in [0.2, 0.25) is 5.91 Å². The summed E-state index contributed by atoms with van der Waals surface area (Å²) in [7, 11) is 0. The Morgan fingerprint density at radius 2 is 1.79 bits per heavy atom. The zero-order valence-electron chi connectivity index (χ0n) is 11.5. The molecule has 1 aliphatic carbocycles. The number of β-amino-alcohol motifs (C(OH)–C–C–N with tert-alkyl or cyclic N) is 1. The van der Waals surface area contributed by atoms with Gasteiger partial charge in [-0.3, -0.25) is 9.59 Å². The Hall–Kier alpha value is -1.10. The van der Waals surface area contributed by atoms with E-state index >= 15 is 0 Å². The Labute approximate surface area is 113 Å². The Bertz CT molecular complexity index is 366. The van der Waals surface area contributed by atoms with Crippen LogP contribution in [-0.4, -0.2) is 45.7 Å². The minimum Gasteiger partial charge on any atom is -0.481 e. The molecule has 0 bridgehead atoms. The number of carbonyl (C=O) groups excluding carboxylic acids is 1. The Balaban J connectivity index is 2.06. The van der Waals surface area contributed by atoms with Crippen molar-refractivity contribution in [3.05, 3.63) is 0 Å². The van der Waals surface area contributed by atoms with Gasteiger partial charge in [0.25, 0.3) is 0 Å². The third-order valence-electron chi connectivity index (χ3n) is 4.39. The van der Waals surface area contributed by atoms with Crippen LogP contribution in [0.15, 0.2) is 0 Å². The predicted molar refractivity (Wildman–Crippen MR) is 69.5 cm³/mol. The summed E-state index contributed by atoms with van der Waals surface area (Å²) >= 11 is 0. The second-order valence-electron chi connectivity index (χ2n) is 6.20. The normalized spacial score (nSPS) is 36.0. The summed E-state index contributed by atoms with van der Waals surface area (Å²) in [5.41, 5.74) is -0.832. The first kappa shape index (κ1) is 14.3. The maximum absolute atomic E-state index is 12.5. The fourth-order valence-electron chi connectivity index (χ4n) is 3.36. The first-order chi connectivity index (χ1) is 8.91. The fourth-order valence-corrected chi connectivity index (χ4v) is 3.36. The van der Waals surface area contributed by atoms with Crippen LogP contribution >= 0.6 is 0 Å². The number of hydrogen-bond acceptors (Lipinski definition) is 3. The van der Waals surface area contributed by atoms with Crippen molar-refractivity contribution >= 4 is 11.9 Å². The van der Waals surface area contributed by atoms with E-state index < -0.39 is 23.4 Å². The Kier molecular flexibility index (Phi) is 4.13. The van der Waals surface area contributed by atoms with Crippen molar-refractivity contribution < 1.29 is 19.8 Å². The number of hydrogen-bond donors (Lipinski definition) is 2. The molecule has 108 valence electrons. The first-order valence-corrected chi connectivity index (χ1v) is 7.15. The Morgan fingerprint density at radius 3 is 2.37 bits per heavy atom. The van der Waals surface area contributed by atoms with E-state index in [4.69, 9.17) is 0 Å². The van der Waals surface area contributed by atoms with Crippen LogP contribution in [0.5, 0.6) is 0 Å². The van der Waals surface area contributed by atoms with Crippen LogP contribution in [0, 0.1) is 11.8 Å². The van der Waals surface area contributed by atoms with E-state index in [0.29, 0.717) is 32.4 Å². The number of aliphatic hydroxyl groups is 1. The van der Waals surface area contributed by atoms with Crippen molar-refractivity contribution in [1.82, 2.24) is 4.90 Å². The molecule has 5 heteroatoms. The molecule has 19 heavy (non-hydrogen) atoms. The van der Waals surface area contributed by atoms with Crippen LogP contribution in [0.4, 0.5) is 0 Å². The summed E-state index contributed by atoms with van der Waals surface area (Å²) in [5, 5.41) is 19.3. The fraction of sp³-hybridized carbons (Fsp3) is 0.857. The standard InChI is InChI=1S/C14H23NO4/c1-14(19)7-4-8-15(9-14)12(16)10-5-2-3-6-11(10)13(17)18/h10-11,19H,2-9H2,1H3,(H,17,18)/t10-,11+,14?/m1/s1. The molecule has 1 aliphatic heterocycles. The molecule has 0 radical (unpaired) electrons. The van der Waals surface area contributed by atoms with Gasteiger partial charge in [0.15, 0.2) is 0 Å². The summed E-state index contributed by atoms with van der Waals surface area (Å²) in [4.78, 5) is 25.4. The lowest BCUT2D eigenvalue weighted by Crippen LogP contribution is -2.52. The molecule has 2 fully saturated rings. The third kappa shape index (κ3) is 3.26. The van der Waals surface area contributed by atoms with Crippen molar-refractivity contribution in [2.24, 2.45) is 11.8 Å². The highest BCUT2D eigenvalue weighted by molar-refractivity contribution is 5.85. The molecular weight excluding hydrogens is 246 g/mol. The van der Waals surface area contributed by atoms with Gasteiger partial charge in [-0.1, -0.05) is 12.8 Å². The summed E-state index contributed by atoms with van der Waals surface area (Å²) in [6.07, 6.45) is 4.54. The Morgan fingerprint density at radius 1 is 1.16 bits per heavy atom. The number of piperidine rings is 1. The number of likely N-dealkylation sites (tertiary alicyclic amines) is 1. The summed E-state index contributed by atoms with van der Waals surface area (Å²) in [6.45, 7) is 2.70. The lowest BCUT2D eigenvalue weighted by Gasteiger charge is -2.40. The van der Waals surface area contributed by atoms with Crippen LogP contribution < -0.4 is 0 Å². The molecule has 0 aromatic rings. The molecule has 2 N–H and O–H groups in total. The van der Waals surface area contributed by atoms with Crippen LogP contribution in [-0.2, 0) is 9.59 Å². The van der Waals surface area contributed by atoms with Crippen molar-refractivity contribution in [3.63, 3.8) is 0 Å². The van der Waals surface area contributed by atoms with Crippen molar-refractivity contribution in [2.45, 2.75) is 51.0 Å². The molecule has 1 amide bonds. The number of carbonyl (C=O) groups is 2. The lowest BCUT2D eigenvalue weighted by molar-refractivity contribution is -0.155. The molecule has 1 saturated carbocycles. The van der Waals surface area contributed by atoms with Gasteiger partial charge in [0.1, 0.15) is 0 Å². The van der Waals surface area contributed by atoms with Gasteiger partial charge < -0.3 is 15.1 Å². The molecule has 1 heterocycles. The highest BCUT2D eigenvalue weighted by atomic mass is 16.4. The van der Waals surface area contributed by atoms with E-state index in [9.17, 15) is 19.8 Å². The largest absolute Gasteiger partial charge is 0.481 e. The summed E-state index contributed by atoms with van der Waals surface area (Å²) in [5.74, 6) is -1.89. The monoisotopic (exact) mass is 269 g/mol. The van der Waals surface area contributed by atoms with Crippen molar-refractivity contribution in [3.8, 4) is 0 Å². The van der Waals surface area contributed by atoms with E-state index in [1.807, 2.05) is 0 Å². The minimum atomic E-state index is -0.859. The van der Waals surface area contributed by atoms with Crippen LogP contribution in [0.25, 0.3) is 0 Å². The molecule has 0 aromatic heterocycles. The number of rotatable bonds is 2. The second-order valence-corrected chi connectivity index (χ2v) is 6.20. The van der Waals surface area contributed by atoms with Crippen LogP contribution in [0.2, 0.25) is 0 Å². The molecule has 1 unspecified atom stereocenters. The number of amides is 1. The van der Waals surface area contributed by atoms with E-state index in [0.717, 1.165) is 19.3 Å². The average Bonchev–Trinajstić information content (AvgIpc) is 2.36. The SMILES string of the molecule is CC1(O)CCCN(C(=O)[C@@H]2CCCC[C@@H]2C(=O)O)C1. The zero-order valence-corrected chi connectivity index (χ0v) is 11.5. The molecule has 0 spiro atoms. The number of carboxylic acids is 1. The van der Waals surface area contributed by atoms with Gasteiger partial charge in [-0.25, -0.2) is 0 Å². The summed E-state index contributed by atoms with van der Waals surface area (Å²) < 4.78 is 0. The van der Waals surface area contributed by atoms with Crippen molar-refractivity contribution in [1.29, 1.82) is 0 Å². The maximum Gasteiger partial charge on any atom is 0.307 e. The second kappa shape index (κ2) is 5.49. The number of nitrogens with zero attached hydrogens (tertiary/aromatic N) is 1. The lowest BCUT2D eigenvalue weighted by atomic mass is 9.78. The first-order valence-electron chi connectivity index (χ1n) is 7.15. The molecule has 1 saturated heterocycles. The van der Waals surface area contributed by atoms with Gasteiger partial charge in [-0.15, -0.1) is 0 Å². The quantitative estimate of drug-likeness (QED) is 0.791. The minimum absolute atomic E-state index is 0.0768. The predicted octanol–water partition coefficient (Wildman–Crippen LogP) is 1.25. The smallest absolute Gasteiger partial charge is 0.307 e. The molecule has 3 atom stereocenters. The number of aliphatic carboxylic acids is 1. The van der Waals surface area contributed by atoms with Gasteiger partial charge in [-0.2, -0.15) is 0 Å². The van der Waals surface area contributed by atoms with Gasteiger partial charge in [0, 0.05) is 13.1 Å². The highest BCUT2D eigenvalue weighted by Crippen LogP contribution is 2.33. The topological polar surface area (TPSA) is 77.8 Å². The van der Waals surface area contributed by atoms with E-state index in [1.54, 1.807) is 11.8 Å². The van der Waals surface area contributed by atoms with Crippen LogP contribution in [0.1, 0.15) is 45.4 Å². The molecule has 2 aliphatic rings. The maximum atomic E-state index is 12.5. The molecule has 5 nitrogen and oxygen atoms in total. The van der Waals surface area contributed by atoms with Crippen molar-refractivity contribution in [2.75, 3.05) is 13.1 Å². The van der Waals surface area contributed by atoms with E-state index in [-0.39, 0.29) is 5.91 Å². The summed E-state index contributed by atoms with van der Waals surface area (Å²) in [6, 6.07) is 0. The van der Waals surface area contributed by atoms with Gasteiger partial charge in [-0.05, 0) is 32.6 Å². The number of carboxylic acid groups (broad SMARTS) is 1. The molecule has 2 rings (SSSR count). The molecular formula is C14H23NO4. The van der Waals surface area contributed by atoms with Crippen LogP contribution in [0.3, 0.4) is 0 Å².